The van der Waals surface area contributed by atoms with Gasteiger partial charge in [0, 0.05) is 51.1 Å². The standard InChI is InChI=1S/C18H21N5O3S.ClH/c1-19-16(12-10-20-21(2)11-12)18(25)23-6-4-22(5-7-23)17(24)15-9-13-14(27-15)3-8-26-13;/h3,8-11,16,19H,4-7H2,1-2H3;1H. The van der Waals surface area contributed by atoms with Crippen molar-refractivity contribution in [2.24, 2.45) is 7.05 Å². The Hall–Kier alpha value is -2.36. The zero-order valence-corrected chi connectivity index (χ0v) is 17.3. The van der Waals surface area contributed by atoms with Crippen LogP contribution in [0.4, 0.5) is 0 Å². The van der Waals surface area contributed by atoms with E-state index in [-0.39, 0.29) is 24.2 Å². The van der Waals surface area contributed by atoms with Crippen molar-refractivity contribution in [2.45, 2.75) is 6.04 Å². The number of thiophene rings is 1. The van der Waals surface area contributed by atoms with E-state index >= 15 is 0 Å². The molecule has 10 heteroatoms. The summed E-state index contributed by atoms with van der Waals surface area (Å²) in [6.07, 6.45) is 5.16. The van der Waals surface area contributed by atoms with Crippen LogP contribution >= 0.6 is 23.7 Å². The molecule has 0 spiro atoms. The Morgan fingerprint density at radius 3 is 2.57 bits per heavy atom. The van der Waals surface area contributed by atoms with Crippen molar-refractivity contribution in [3.8, 4) is 0 Å². The molecule has 1 saturated heterocycles. The van der Waals surface area contributed by atoms with Crippen LogP contribution in [0.3, 0.4) is 0 Å². The van der Waals surface area contributed by atoms with Crippen LogP contribution in [-0.2, 0) is 11.8 Å². The number of piperazine rings is 1. The zero-order valence-electron chi connectivity index (χ0n) is 15.6. The number of nitrogens with zero attached hydrogens (tertiary/aromatic N) is 4. The molecule has 1 aliphatic rings. The van der Waals surface area contributed by atoms with E-state index in [1.807, 2.05) is 19.3 Å². The molecule has 28 heavy (non-hydrogen) atoms. The highest BCUT2D eigenvalue weighted by atomic mass is 35.5. The van der Waals surface area contributed by atoms with Crippen molar-refractivity contribution in [3.05, 3.63) is 41.2 Å². The number of likely N-dealkylation sites (N-methyl/N-ethyl adjacent to an activating group) is 1. The van der Waals surface area contributed by atoms with Crippen LogP contribution in [0.1, 0.15) is 21.3 Å². The molecule has 2 amide bonds. The van der Waals surface area contributed by atoms with Gasteiger partial charge in [0.25, 0.3) is 5.91 Å². The van der Waals surface area contributed by atoms with Crippen LogP contribution in [0, 0.1) is 0 Å². The van der Waals surface area contributed by atoms with Crippen molar-refractivity contribution in [1.29, 1.82) is 0 Å². The normalized spacial score (nSPS) is 15.5. The molecule has 0 aromatic carbocycles. The highest BCUT2D eigenvalue weighted by Gasteiger charge is 2.30. The molecule has 8 nitrogen and oxygen atoms in total. The summed E-state index contributed by atoms with van der Waals surface area (Å²) in [5, 5.41) is 7.21. The number of carbonyl (C=O) groups excluding carboxylic acids is 2. The van der Waals surface area contributed by atoms with Crippen LogP contribution in [0.25, 0.3) is 10.3 Å². The molecule has 150 valence electrons. The van der Waals surface area contributed by atoms with E-state index in [0.717, 1.165) is 15.8 Å². The van der Waals surface area contributed by atoms with Gasteiger partial charge in [0.2, 0.25) is 5.91 Å². The largest absolute Gasteiger partial charge is 0.463 e. The summed E-state index contributed by atoms with van der Waals surface area (Å²) < 4.78 is 7.99. The average molecular weight is 424 g/mol. The second kappa shape index (κ2) is 8.34. The minimum atomic E-state index is -0.426. The molecule has 1 unspecified atom stereocenters. The van der Waals surface area contributed by atoms with E-state index in [0.29, 0.717) is 31.1 Å². The third-order valence-electron chi connectivity index (χ3n) is 4.82. The Bertz CT molecular complexity index is 944. The van der Waals surface area contributed by atoms with Gasteiger partial charge in [-0.25, -0.2) is 0 Å². The van der Waals surface area contributed by atoms with Crippen molar-refractivity contribution in [1.82, 2.24) is 24.9 Å². The molecule has 1 fully saturated rings. The van der Waals surface area contributed by atoms with Gasteiger partial charge in [-0.2, -0.15) is 5.10 Å². The van der Waals surface area contributed by atoms with Gasteiger partial charge in [0.05, 0.1) is 22.0 Å². The summed E-state index contributed by atoms with van der Waals surface area (Å²) in [7, 11) is 3.59. The first-order chi connectivity index (χ1) is 13.1. The van der Waals surface area contributed by atoms with Gasteiger partial charge in [-0.05, 0) is 13.1 Å². The Labute approximate surface area is 172 Å². The van der Waals surface area contributed by atoms with Crippen LogP contribution in [-0.4, -0.2) is 64.6 Å². The molecule has 4 heterocycles. The van der Waals surface area contributed by atoms with Crippen molar-refractivity contribution >= 4 is 45.8 Å². The fourth-order valence-electron chi connectivity index (χ4n) is 3.36. The number of hydrogen-bond acceptors (Lipinski definition) is 6. The molecule has 4 rings (SSSR count). The first-order valence-electron chi connectivity index (χ1n) is 8.77. The number of carbonyl (C=O) groups is 2. The second-order valence-electron chi connectivity index (χ2n) is 6.55. The molecule has 3 aromatic rings. The molecule has 1 aliphatic heterocycles. The van der Waals surface area contributed by atoms with Gasteiger partial charge in [0.1, 0.15) is 11.6 Å². The van der Waals surface area contributed by atoms with Crippen molar-refractivity contribution < 1.29 is 14.0 Å². The summed E-state index contributed by atoms with van der Waals surface area (Å²) in [6, 6.07) is 3.23. The lowest BCUT2D eigenvalue weighted by molar-refractivity contribution is -0.135. The van der Waals surface area contributed by atoms with Gasteiger partial charge in [-0.3, -0.25) is 14.3 Å². The maximum Gasteiger partial charge on any atom is 0.264 e. The number of hydrogen-bond donors (Lipinski definition) is 1. The highest BCUT2D eigenvalue weighted by molar-refractivity contribution is 7.20. The first kappa shape index (κ1) is 20.4. The maximum absolute atomic E-state index is 12.9. The van der Waals surface area contributed by atoms with E-state index in [4.69, 9.17) is 4.42 Å². The Kier molecular flexibility index (Phi) is 6.07. The summed E-state index contributed by atoms with van der Waals surface area (Å²) in [5.41, 5.74) is 1.58. The van der Waals surface area contributed by atoms with E-state index < -0.39 is 6.04 Å². The minimum Gasteiger partial charge on any atom is -0.463 e. The SMILES string of the molecule is CNC(C(=O)N1CCN(C(=O)c2cc3occc3s2)CC1)c1cnn(C)c1.Cl. The third kappa shape index (κ3) is 3.78. The molecule has 0 radical (unpaired) electrons. The van der Waals surface area contributed by atoms with Crippen LogP contribution in [0.2, 0.25) is 0 Å². The van der Waals surface area contributed by atoms with Crippen molar-refractivity contribution in [3.63, 3.8) is 0 Å². The van der Waals surface area contributed by atoms with E-state index in [2.05, 4.69) is 10.4 Å². The van der Waals surface area contributed by atoms with Crippen LogP contribution in [0.15, 0.2) is 35.2 Å². The third-order valence-corrected chi connectivity index (χ3v) is 5.89. The molecule has 0 bridgehead atoms. The number of furan rings is 1. The predicted octanol–water partition coefficient (Wildman–Crippen LogP) is 1.89. The minimum absolute atomic E-state index is 0. The number of amides is 2. The van der Waals surface area contributed by atoms with Gasteiger partial charge >= 0.3 is 0 Å². The maximum atomic E-state index is 12.9. The molecular formula is C18H22ClN5O3S. The topological polar surface area (TPSA) is 83.6 Å². The number of rotatable bonds is 4. The molecule has 3 aromatic heterocycles. The van der Waals surface area contributed by atoms with E-state index in [1.54, 1.807) is 40.1 Å². The van der Waals surface area contributed by atoms with Crippen LogP contribution in [0.5, 0.6) is 0 Å². The van der Waals surface area contributed by atoms with Gasteiger partial charge in [0.15, 0.2) is 0 Å². The van der Waals surface area contributed by atoms with Crippen LogP contribution < -0.4 is 5.32 Å². The number of aryl methyl sites for hydroxylation is 1. The fourth-order valence-corrected chi connectivity index (χ4v) is 4.31. The second-order valence-corrected chi connectivity index (χ2v) is 7.63. The molecule has 0 saturated carbocycles. The van der Waals surface area contributed by atoms with Crippen molar-refractivity contribution in [2.75, 3.05) is 33.2 Å². The quantitative estimate of drug-likeness (QED) is 0.692. The lowest BCUT2D eigenvalue weighted by Crippen LogP contribution is -2.52. The fraction of sp³-hybridized carbons (Fsp3) is 0.389. The Morgan fingerprint density at radius 1 is 1.25 bits per heavy atom. The predicted molar refractivity (Wildman–Crippen MR) is 109 cm³/mol. The highest BCUT2D eigenvalue weighted by Crippen LogP contribution is 2.27. The molecule has 1 atom stereocenters. The zero-order chi connectivity index (χ0) is 19.0. The van der Waals surface area contributed by atoms with Gasteiger partial charge in [-0.15, -0.1) is 23.7 Å². The van der Waals surface area contributed by atoms with E-state index in [1.165, 1.54) is 11.3 Å². The lowest BCUT2D eigenvalue weighted by atomic mass is 10.1. The number of halogens is 1. The molecule has 1 N–H and O–H groups in total. The smallest absolute Gasteiger partial charge is 0.264 e. The average Bonchev–Trinajstić information content (AvgIpc) is 3.38. The Morgan fingerprint density at radius 2 is 1.96 bits per heavy atom. The number of aromatic nitrogens is 2. The summed E-state index contributed by atoms with van der Waals surface area (Å²) >= 11 is 1.44. The number of nitrogens with one attached hydrogen (secondary N) is 1. The first-order valence-corrected chi connectivity index (χ1v) is 9.59. The van der Waals surface area contributed by atoms with Gasteiger partial charge in [-0.1, -0.05) is 0 Å². The van der Waals surface area contributed by atoms with Gasteiger partial charge < -0.3 is 19.5 Å². The monoisotopic (exact) mass is 423 g/mol. The molecular weight excluding hydrogens is 402 g/mol. The molecule has 0 aliphatic carbocycles. The summed E-state index contributed by atoms with van der Waals surface area (Å²) in [5.74, 6) is 0.00200. The lowest BCUT2D eigenvalue weighted by Gasteiger charge is -2.36. The number of fused-ring (bicyclic) bond motifs is 1. The summed E-state index contributed by atoms with van der Waals surface area (Å²) in [6.45, 7) is 2.08. The Balaban J connectivity index is 0.00000225. The summed E-state index contributed by atoms with van der Waals surface area (Å²) in [4.78, 5) is 29.9. The van der Waals surface area contributed by atoms with E-state index in [9.17, 15) is 9.59 Å².